The van der Waals surface area contributed by atoms with E-state index in [1.54, 1.807) is 0 Å². The third-order valence-corrected chi connectivity index (χ3v) is 3.14. The van der Waals surface area contributed by atoms with Gasteiger partial charge >= 0.3 is 0 Å². The first kappa shape index (κ1) is 12.0. The van der Waals surface area contributed by atoms with Crippen LogP contribution in [0.5, 0.6) is 5.75 Å². The summed E-state index contributed by atoms with van der Waals surface area (Å²) in [5.74, 6) is 1.03. The van der Waals surface area contributed by atoms with Gasteiger partial charge in [0.1, 0.15) is 11.9 Å². The first-order valence-electron chi connectivity index (χ1n) is 5.74. The molecule has 0 fully saturated rings. The topological polar surface area (TPSA) is 48.2 Å². The van der Waals surface area contributed by atoms with Crippen LogP contribution in [-0.2, 0) is 0 Å². The number of furan rings is 1. The summed E-state index contributed by atoms with van der Waals surface area (Å²) in [5, 5.41) is 1.29. The molecule has 0 aliphatic rings. The maximum absolute atomic E-state index is 5.99. The fourth-order valence-electron chi connectivity index (χ4n) is 1.99. The highest BCUT2D eigenvalue weighted by Crippen LogP contribution is 2.35. The summed E-state index contributed by atoms with van der Waals surface area (Å²) in [6.45, 7) is 2.04. The van der Waals surface area contributed by atoms with Gasteiger partial charge in [0.05, 0.1) is 7.11 Å². The monoisotopic (exact) mass is 274 g/mol. The Kier molecular flexibility index (Phi) is 2.87. The van der Waals surface area contributed by atoms with Crippen LogP contribution in [0.15, 0.2) is 35.0 Å². The zero-order chi connectivity index (χ0) is 13.4. The minimum absolute atomic E-state index is 0.268. The summed E-state index contributed by atoms with van der Waals surface area (Å²) in [6.07, 6.45) is 1.39. The first-order valence-corrected chi connectivity index (χ1v) is 6.12. The third kappa shape index (κ3) is 2.04. The molecule has 3 rings (SSSR count). The molecule has 0 bridgehead atoms. The maximum atomic E-state index is 5.99. The highest BCUT2D eigenvalue weighted by molar-refractivity contribution is 6.31. The molecular formula is C14H11ClN2O2. The number of aryl methyl sites for hydroxylation is 1. The van der Waals surface area contributed by atoms with Crippen molar-refractivity contribution in [3.63, 3.8) is 0 Å². The maximum Gasteiger partial charge on any atom is 0.185 e. The Balaban J connectivity index is 2.22. The van der Waals surface area contributed by atoms with E-state index in [0.717, 1.165) is 11.0 Å². The lowest BCUT2D eigenvalue weighted by Gasteiger charge is -2.05. The Morgan fingerprint density at radius 3 is 2.84 bits per heavy atom. The number of hydrogen-bond acceptors (Lipinski definition) is 4. The predicted octanol–water partition coefficient (Wildman–Crippen LogP) is 3.86. The van der Waals surface area contributed by atoms with Crippen LogP contribution in [0.2, 0.25) is 5.15 Å². The Hall–Kier alpha value is -2.07. The largest absolute Gasteiger partial charge is 0.491 e. The average Bonchev–Trinajstić information content (AvgIpc) is 2.81. The summed E-state index contributed by atoms with van der Waals surface area (Å²) in [4.78, 5) is 8.08. The number of benzene rings is 1. The molecule has 0 unspecified atom stereocenters. The highest BCUT2D eigenvalue weighted by Gasteiger charge is 2.16. The van der Waals surface area contributed by atoms with Gasteiger partial charge in [0.25, 0.3) is 0 Å². The Labute approximate surface area is 115 Å². The van der Waals surface area contributed by atoms with Crippen molar-refractivity contribution in [3.05, 3.63) is 41.3 Å². The van der Waals surface area contributed by atoms with E-state index >= 15 is 0 Å². The fraction of sp³-hybridized carbons (Fsp3) is 0.143. The molecule has 0 N–H and O–H groups in total. The molecule has 2 heterocycles. The van der Waals surface area contributed by atoms with Gasteiger partial charge in [-0.3, -0.25) is 0 Å². The number of rotatable bonds is 2. The van der Waals surface area contributed by atoms with Gasteiger partial charge in [-0.15, -0.1) is 0 Å². The van der Waals surface area contributed by atoms with Crippen molar-refractivity contribution in [2.24, 2.45) is 0 Å². The smallest absolute Gasteiger partial charge is 0.185 e. The van der Waals surface area contributed by atoms with Gasteiger partial charge in [-0.25, -0.2) is 9.97 Å². The molecule has 96 valence electrons. The lowest BCUT2D eigenvalue weighted by molar-refractivity contribution is 0.411. The van der Waals surface area contributed by atoms with Gasteiger partial charge in [-0.05, 0) is 25.1 Å². The molecule has 19 heavy (non-hydrogen) atoms. The van der Waals surface area contributed by atoms with Crippen molar-refractivity contribution >= 4 is 22.6 Å². The zero-order valence-electron chi connectivity index (χ0n) is 10.5. The van der Waals surface area contributed by atoms with Crippen molar-refractivity contribution in [1.29, 1.82) is 0 Å². The van der Waals surface area contributed by atoms with E-state index in [-0.39, 0.29) is 5.15 Å². The Morgan fingerprint density at radius 2 is 2.05 bits per heavy atom. The van der Waals surface area contributed by atoms with Crippen molar-refractivity contribution in [2.45, 2.75) is 6.92 Å². The molecule has 1 aromatic carbocycles. The molecule has 4 nitrogen and oxygen atoms in total. The number of nitrogens with zero attached hydrogens (tertiary/aromatic N) is 2. The van der Waals surface area contributed by atoms with Crippen molar-refractivity contribution in [1.82, 2.24) is 9.97 Å². The van der Waals surface area contributed by atoms with Crippen LogP contribution in [0, 0.1) is 6.92 Å². The average molecular weight is 275 g/mol. The van der Waals surface area contributed by atoms with E-state index in [9.17, 15) is 0 Å². The van der Waals surface area contributed by atoms with E-state index in [2.05, 4.69) is 16.0 Å². The van der Waals surface area contributed by atoms with Crippen LogP contribution in [0.1, 0.15) is 5.56 Å². The van der Waals surface area contributed by atoms with Crippen molar-refractivity contribution in [3.8, 4) is 17.2 Å². The molecular weight excluding hydrogens is 264 g/mol. The second-order valence-corrected chi connectivity index (χ2v) is 4.56. The number of hydrogen-bond donors (Lipinski definition) is 0. The van der Waals surface area contributed by atoms with Gasteiger partial charge in [0, 0.05) is 5.39 Å². The molecule has 2 aromatic heterocycles. The number of halogens is 1. The molecule has 0 radical (unpaired) electrons. The normalized spacial score (nSPS) is 10.9. The SMILES string of the molecule is COc1c(Cl)ncnc1-c1cc2cc(C)ccc2o1. The molecule has 0 spiro atoms. The van der Waals surface area contributed by atoms with Gasteiger partial charge in [-0.2, -0.15) is 0 Å². The summed E-state index contributed by atoms with van der Waals surface area (Å²) in [5.41, 5.74) is 2.53. The van der Waals surface area contributed by atoms with Crippen LogP contribution in [0.3, 0.4) is 0 Å². The van der Waals surface area contributed by atoms with E-state index in [4.69, 9.17) is 20.8 Å². The minimum Gasteiger partial charge on any atom is -0.491 e. The second kappa shape index (κ2) is 4.55. The number of ether oxygens (including phenoxy) is 1. The fourth-order valence-corrected chi connectivity index (χ4v) is 2.20. The number of fused-ring (bicyclic) bond motifs is 1. The van der Waals surface area contributed by atoms with E-state index < -0.39 is 0 Å². The van der Waals surface area contributed by atoms with Crippen molar-refractivity contribution < 1.29 is 9.15 Å². The molecule has 5 heteroatoms. The summed E-state index contributed by atoms with van der Waals surface area (Å²) < 4.78 is 11.0. The number of methoxy groups -OCH3 is 1. The molecule has 3 aromatic rings. The van der Waals surface area contributed by atoms with Crippen LogP contribution < -0.4 is 4.74 Å². The highest BCUT2D eigenvalue weighted by atomic mass is 35.5. The lowest BCUT2D eigenvalue weighted by Crippen LogP contribution is -1.93. The first-order chi connectivity index (χ1) is 9.19. The van der Waals surface area contributed by atoms with Crippen LogP contribution in [0.25, 0.3) is 22.4 Å². The summed E-state index contributed by atoms with van der Waals surface area (Å²) in [6, 6.07) is 7.91. The molecule has 0 aliphatic carbocycles. The summed E-state index contributed by atoms with van der Waals surface area (Å²) >= 11 is 5.99. The van der Waals surface area contributed by atoms with Gasteiger partial charge in [0.15, 0.2) is 22.4 Å². The molecule has 0 atom stereocenters. The predicted molar refractivity (Wildman–Crippen MR) is 73.5 cm³/mol. The van der Waals surface area contributed by atoms with Crippen LogP contribution >= 0.6 is 11.6 Å². The van der Waals surface area contributed by atoms with Crippen molar-refractivity contribution in [2.75, 3.05) is 7.11 Å². The zero-order valence-corrected chi connectivity index (χ0v) is 11.2. The van der Waals surface area contributed by atoms with Crippen LogP contribution in [0.4, 0.5) is 0 Å². The van der Waals surface area contributed by atoms with Gasteiger partial charge in [-0.1, -0.05) is 23.2 Å². The quantitative estimate of drug-likeness (QED) is 0.666. The van der Waals surface area contributed by atoms with Gasteiger partial charge in [0.2, 0.25) is 0 Å². The van der Waals surface area contributed by atoms with Gasteiger partial charge < -0.3 is 9.15 Å². The Morgan fingerprint density at radius 1 is 1.21 bits per heavy atom. The molecule has 0 saturated carbocycles. The van der Waals surface area contributed by atoms with E-state index in [1.807, 2.05) is 25.1 Å². The minimum atomic E-state index is 0.268. The standard InChI is InChI=1S/C14H11ClN2O2/c1-8-3-4-10-9(5-8)6-11(19-10)12-13(18-2)14(15)17-7-16-12/h3-7H,1-2H3. The summed E-state index contributed by atoms with van der Waals surface area (Å²) in [7, 11) is 1.53. The third-order valence-electron chi connectivity index (χ3n) is 2.87. The Bertz CT molecular complexity index is 752. The lowest BCUT2D eigenvalue weighted by atomic mass is 10.2. The second-order valence-electron chi connectivity index (χ2n) is 4.20. The molecule has 0 saturated heterocycles. The van der Waals surface area contributed by atoms with E-state index in [0.29, 0.717) is 17.2 Å². The molecule has 0 amide bonds. The van der Waals surface area contributed by atoms with Crippen LogP contribution in [-0.4, -0.2) is 17.1 Å². The van der Waals surface area contributed by atoms with E-state index in [1.165, 1.54) is 19.0 Å². The molecule has 0 aliphatic heterocycles. The number of aromatic nitrogens is 2.